The maximum atomic E-state index is 13.9. The van der Waals surface area contributed by atoms with E-state index >= 15 is 0 Å². The second-order valence-electron chi connectivity index (χ2n) is 9.56. The summed E-state index contributed by atoms with van der Waals surface area (Å²) in [7, 11) is 0. The molecule has 5 rings (SSSR count). The summed E-state index contributed by atoms with van der Waals surface area (Å²) in [5.41, 5.74) is 3.66. The first-order valence-corrected chi connectivity index (χ1v) is 12.1. The average Bonchev–Trinajstić information content (AvgIpc) is 3.31. The van der Waals surface area contributed by atoms with Gasteiger partial charge in [0.05, 0.1) is 17.3 Å². The highest BCUT2D eigenvalue weighted by molar-refractivity contribution is 5.36. The molecule has 6 heteroatoms. The van der Waals surface area contributed by atoms with Gasteiger partial charge in [-0.15, -0.1) is 0 Å². The molecule has 36 heavy (non-hydrogen) atoms. The second kappa shape index (κ2) is 9.41. The van der Waals surface area contributed by atoms with Gasteiger partial charge in [-0.25, -0.2) is 4.98 Å². The van der Waals surface area contributed by atoms with Crippen molar-refractivity contribution in [3.05, 3.63) is 135 Å². The van der Waals surface area contributed by atoms with E-state index < -0.39 is 11.7 Å². The predicted octanol–water partition coefficient (Wildman–Crippen LogP) is 6.73. The Morgan fingerprint density at radius 2 is 1.39 bits per heavy atom. The lowest BCUT2D eigenvalue weighted by Gasteiger charge is -2.23. The van der Waals surface area contributed by atoms with Crippen LogP contribution in [-0.4, -0.2) is 9.55 Å². The molecule has 0 spiro atoms. The minimum atomic E-state index is -4.36. The molecule has 2 unspecified atom stereocenters. The van der Waals surface area contributed by atoms with E-state index in [1.807, 2.05) is 74.5 Å². The summed E-state index contributed by atoms with van der Waals surface area (Å²) in [6.07, 6.45) is -3.17. The average molecular weight is 489 g/mol. The number of hydrogen-bond donors (Lipinski definition) is 0. The Morgan fingerprint density at radius 1 is 0.833 bits per heavy atom. The fourth-order valence-electron chi connectivity index (χ4n) is 5.36. The third-order valence-electron chi connectivity index (χ3n) is 7.35. The molecule has 1 aliphatic carbocycles. The van der Waals surface area contributed by atoms with Crippen molar-refractivity contribution in [3.8, 4) is 0 Å². The molecule has 0 saturated heterocycles. The fourth-order valence-corrected chi connectivity index (χ4v) is 5.36. The van der Waals surface area contributed by atoms with Crippen LogP contribution in [0.5, 0.6) is 0 Å². The van der Waals surface area contributed by atoms with Crippen molar-refractivity contribution in [2.24, 2.45) is 5.92 Å². The minimum Gasteiger partial charge on any atom is -0.285 e. The first-order chi connectivity index (χ1) is 17.2. The van der Waals surface area contributed by atoms with Crippen LogP contribution in [0.4, 0.5) is 13.2 Å². The molecular formula is C30H27F3N2O. The van der Waals surface area contributed by atoms with E-state index in [0.717, 1.165) is 34.5 Å². The Labute approximate surface area is 208 Å². The first-order valence-electron chi connectivity index (χ1n) is 12.1. The third-order valence-corrected chi connectivity index (χ3v) is 7.35. The fraction of sp³-hybridized carbons (Fsp3) is 0.267. The summed E-state index contributed by atoms with van der Waals surface area (Å²) in [6.45, 7) is 3.88. The Morgan fingerprint density at radius 3 is 1.92 bits per heavy atom. The zero-order valence-corrected chi connectivity index (χ0v) is 20.2. The number of benzene rings is 3. The van der Waals surface area contributed by atoms with Gasteiger partial charge in [0.1, 0.15) is 5.82 Å². The van der Waals surface area contributed by atoms with E-state index in [0.29, 0.717) is 24.2 Å². The van der Waals surface area contributed by atoms with Crippen LogP contribution in [0, 0.1) is 12.8 Å². The van der Waals surface area contributed by atoms with Crippen LogP contribution in [0.15, 0.2) is 89.7 Å². The lowest BCUT2D eigenvalue weighted by molar-refractivity contribution is -0.137. The number of aryl methyl sites for hydroxylation is 1. The van der Waals surface area contributed by atoms with E-state index in [-0.39, 0.29) is 23.4 Å². The van der Waals surface area contributed by atoms with Crippen molar-refractivity contribution < 1.29 is 13.2 Å². The Bertz CT molecular complexity index is 1370. The van der Waals surface area contributed by atoms with Crippen LogP contribution in [-0.2, 0) is 19.0 Å². The van der Waals surface area contributed by atoms with E-state index in [9.17, 15) is 18.0 Å². The summed E-state index contributed by atoms with van der Waals surface area (Å²) in [5.74, 6) is 0.743. The molecule has 4 aromatic rings. The summed E-state index contributed by atoms with van der Waals surface area (Å²) >= 11 is 0. The highest BCUT2D eigenvalue weighted by atomic mass is 19.4. The number of halogens is 3. The van der Waals surface area contributed by atoms with Crippen molar-refractivity contribution in [2.45, 2.75) is 44.8 Å². The van der Waals surface area contributed by atoms with Crippen LogP contribution < -0.4 is 5.56 Å². The molecule has 0 bridgehead atoms. The number of rotatable bonds is 5. The third kappa shape index (κ3) is 4.48. The molecule has 0 radical (unpaired) electrons. The monoisotopic (exact) mass is 488 g/mol. The van der Waals surface area contributed by atoms with Gasteiger partial charge in [-0.1, -0.05) is 79.7 Å². The minimum absolute atomic E-state index is 0.00585. The van der Waals surface area contributed by atoms with Gasteiger partial charge in [-0.3, -0.25) is 9.36 Å². The van der Waals surface area contributed by atoms with Crippen molar-refractivity contribution >= 4 is 0 Å². The lowest BCUT2D eigenvalue weighted by Crippen LogP contribution is -2.32. The molecule has 0 amide bonds. The summed E-state index contributed by atoms with van der Waals surface area (Å²) in [5, 5.41) is 0. The number of aromatic nitrogens is 2. The largest absolute Gasteiger partial charge is 0.416 e. The zero-order valence-electron chi connectivity index (χ0n) is 20.2. The van der Waals surface area contributed by atoms with Gasteiger partial charge in [0, 0.05) is 5.56 Å². The van der Waals surface area contributed by atoms with E-state index in [1.54, 1.807) is 16.7 Å². The van der Waals surface area contributed by atoms with Crippen molar-refractivity contribution in [2.75, 3.05) is 0 Å². The van der Waals surface area contributed by atoms with Crippen molar-refractivity contribution in [1.82, 2.24) is 9.55 Å². The van der Waals surface area contributed by atoms with Gasteiger partial charge in [-0.2, -0.15) is 13.2 Å². The number of hydrogen-bond acceptors (Lipinski definition) is 2. The Kier molecular flexibility index (Phi) is 6.29. The summed E-state index contributed by atoms with van der Waals surface area (Å²) in [4.78, 5) is 18.8. The van der Waals surface area contributed by atoms with Crippen molar-refractivity contribution in [3.63, 3.8) is 0 Å². The van der Waals surface area contributed by atoms with Crippen LogP contribution in [0.25, 0.3) is 0 Å². The molecule has 2 atom stereocenters. The normalized spacial score (nSPS) is 16.2. The molecule has 3 nitrogen and oxygen atoms in total. The van der Waals surface area contributed by atoms with E-state index in [4.69, 9.17) is 4.98 Å². The maximum Gasteiger partial charge on any atom is 0.416 e. The second-order valence-corrected chi connectivity index (χ2v) is 9.56. The van der Waals surface area contributed by atoms with Crippen LogP contribution >= 0.6 is 0 Å². The molecule has 0 N–H and O–H groups in total. The maximum absolute atomic E-state index is 13.9. The molecule has 0 aliphatic heterocycles. The molecular weight excluding hydrogens is 461 g/mol. The van der Waals surface area contributed by atoms with Gasteiger partial charge in [0.25, 0.3) is 5.56 Å². The zero-order chi connectivity index (χ0) is 25.4. The standard InChI is InChI=1S/C30H27F3N2O/c1-19(21-13-15-25(16-14-21)30(31,32)33)24-17-26-27(18-24)34-20(2)35(29(26)36)28(22-9-5-3-6-10-22)23-11-7-4-8-12-23/h3-16,19,24,28H,17-18H2,1-2H3. The molecule has 1 heterocycles. The lowest BCUT2D eigenvalue weighted by atomic mass is 9.85. The van der Waals surface area contributed by atoms with Gasteiger partial charge in [0.15, 0.2) is 0 Å². The van der Waals surface area contributed by atoms with Gasteiger partial charge < -0.3 is 0 Å². The Hall–Kier alpha value is -3.67. The highest BCUT2D eigenvalue weighted by Crippen LogP contribution is 2.37. The number of fused-ring (bicyclic) bond motifs is 1. The molecule has 1 aromatic heterocycles. The van der Waals surface area contributed by atoms with Crippen LogP contribution in [0.1, 0.15) is 58.2 Å². The SMILES string of the molecule is Cc1nc2c(c(=O)n1C(c1ccccc1)c1ccccc1)CC(C(C)c1ccc(C(F)(F)F)cc1)C2. The topological polar surface area (TPSA) is 34.9 Å². The van der Waals surface area contributed by atoms with E-state index in [1.165, 1.54) is 0 Å². The molecule has 3 aromatic carbocycles. The first kappa shape index (κ1) is 24.0. The van der Waals surface area contributed by atoms with E-state index in [2.05, 4.69) is 0 Å². The molecule has 184 valence electrons. The molecule has 0 fully saturated rings. The molecule has 0 saturated carbocycles. The predicted molar refractivity (Wildman–Crippen MR) is 134 cm³/mol. The number of alkyl halides is 3. The van der Waals surface area contributed by atoms with Gasteiger partial charge >= 0.3 is 6.18 Å². The highest BCUT2D eigenvalue weighted by Gasteiger charge is 2.34. The summed E-state index contributed by atoms with van der Waals surface area (Å²) in [6, 6.07) is 24.9. The number of nitrogens with zero attached hydrogens (tertiary/aromatic N) is 2. The van der Waals surface area contributed by atoms with Gasteiger partial charge in [-0.05, 0) is 60.4 Å². The smallest absolute Gasteiger partial charge is 0.285 e. The quantitative estimate of drug-likeness (QED) is 0.312. The summed E-state index contributed by atoms with van der Waals surface area (Å²) < 4.78 is 40.7. The van der Waals surface area contributed by atoms with Crippen LogP contribution in [0.3, 0.4) is 0 Å². The Balaban J connectivity index is 1.50. The van der Waals surface area contributed by atoms with Crippen molar-refractivity contribution in [1.29, 1.82) is 0 Å². The molecule has 1 aliphatic rings. The van der Waals surface area contributed by atoms with Gasteiger partial charge in [0.2, 0.25) is 0 Å². The van der Waals surface area contributed by atoms with Crippen LogP contribution in [0.2, 0.25) is 0 Å².